The van der Waals surface area contributed by atoms with Gasteiger partial charge in [0.15, 0.2) is 0 Å². The molecule has 3 rings (SSSR count). The molecular formula is C17H20N2O2. The van der Waals surface area contributed by atoms with Gasteiger partial charge >= 0.3 is 11.1 Å². The summed E-state index contributed by atoms with van der Waals surface area (Å²) in [6.45, 7) is 2.74. The summed E-state index contributed by atoms with van der Waals surface area (Å²) in [6.07, 6.45) is 7.90. The van der Waals surface area contributed by atoms with Crippen molar-refractivity contribution in [3.63, 3.8) is 0 Å². The first-order valence-corrected chi connectivity index (χ1v) is 7.60. The second-order valence-corrected chi connectivity index (χ2v) is 5.75. The second kappa shape index (κ2) is 5.72. The monoisotopic (exact) mass is 284 g/mol. The Balaban J connectivity index is 1.98. The van der Waals surface area contributed by atoms with Gasteiger partial charge < -0.3 is 4.57 Å². The second-order valence-electron chi connectivity index (χ2n) is 5.75. The number of aromatic nitrogens is 2. The van der Waals surface area contributed by atoms with Crippen LogP contribution in [0.3, 0.4) is 0 Å². The third-order valence-electron chi connectivity index (χ3n) is 4.33. The quantitative estimate of drug-likeness (QED) is 0.809. The molecule has 4 nitrogen and oxygen atoms in total. The van der Waals surface area contributed by atoms with E-state index in [1.54, 1.807) is 17.0 Å². The van der Waals surface area contributed by atoms with E-state index < -0.39 is 11.1 Å². The lowest BCUT2D eigenvalue weighted by molar-refractivity contribution is 0.272. The van der Waals surface area contributed by atoms with Crippen molar-refractivity contribution in [2.75, 3.05) is 0 Å². The number of hydrogen-bond acceptors (Lipinski definition) is 2. The average Bonchev–Trinajstić information content (AvgIpc) is 2.47. The standard InChI is InChI=1S/C17H20N2O2/c1-2-13-5-4-8-15(11-13)19-10-9-18(16(20)17(19)21)12-14-6-3-7-14/h4-5,8-11,14H,2-3,6-7,12H2,1H3. The largest absolute Gasteiger partial charge is 0.320 e. The summed E-state index contributed by atoms with van der Waals surface area (Å²) in [7, 11) is 0. The highest BCUT2D eigenvalue weighted by Crippen LogP contribution is 2.27. The maximum absolute atomic E-state index is 12.3. The van der Waals surface area contributed by atoms with Crippen LogP contribution in [-0.4, -0.2) is 9.13 Å². The number of rotatable bonds is 4. The lowest BCUT2D eigenvalue weighted by Crippen LogP contribution is -2.41. The number of benzene rings is 1. The van der Waals surface area contributed by atoms with Gasteiger partial charge in [0.1, 0.15) is 0 Å². The van der Waals surface area contributed by atoms with Crippen molar-refractivity contribution in [3.05, 3.63) is 62.9 Å². The molecule has 0 bridgehead atoms. The minimum Gasteiger partial charge on any atom is -0.309 e. The van der Waals surface area contributed by atoms with Gasteiger partial charge in [-0.05, 0) is 42.9 Å². The van der Waals surface area contributed by atoms with Gasteiger partial charge in [-0.3, -0.25) is 14.2 Å². The minimum atomic E-state index is -0.468. The van der Waals surface area contributed by atoms with E-state index in [4.69, 9.17) is 0 Å². The Morgan fingerprint density at radius 1 is 1.14 bits per heavy atom. The highest BCUT2D eigenvalue weighted by atomic mass is 16.2. The third-order valence-corrected chi connectivity index (χ3v) is 4.33. The fourth-order valence-corrected chi connectivity index (χ4v) is 2.74. The summed E-state index contributed by atoms with van der Waals surface area (Å²) in [6, 6.07) is 7.75. The topological polar surface area (TPSA) is 44.0 Å². The van der Waals surface area contributed by atoms with Crippen molar-refractivity contribution in [1.29, 1.82) is 0 Å². The number of hydrogen-bond donors (Lipinski definition) is 0. The summed E-state index contributed by atoms with van der Waals surface area (Å²) in [5.74, 6) is 0.557. The fraction of sp³-hybridized carbons (Fsp3) is 0.412. The minimum absolute atomic E-state index is 0.425. The molecular weight excluding hydrogens is 264 g/mol. The Kier molecular flexibility index (Phi) is 3.78. The molecule has 0 radical (unpaired) electrons. The first-order valence-electron chi connectivity index (χ1n) is 7.60. The van der Waals surface area contributed by atoms with Gasteiger partial charge in [0.2, 0.25) is 0 Å². The van der Waals surface area contributed by atoms with Crippen LogP contribution in [0.4, 0.5) is 0 Å². The van der Waals surface area contributed by atoms with Gasteiger partial charge in [-0.25, -0.2) is 0 Å². The van der Waals surface area contributed by atoms with E-state index >= 15 is 0 Å². The van der Waals surface area contributed by atoms with Crippen LogP contribution in [0.2, 0.25) is 0 Å². The molecule has 0 N–H and O–H groups in total. The van der Waals surface area contributed by atoms with Crippen molar-refractivity contribution in [2.45, 2.75) is 39.2 Å². The zero-order valence-corrected chi connectivity index (χ0v) is 12.3. The molecule has 0 saturated heterocycles. The van der Waals surface area contributed by atoms with Crippen LogP contribution in [0.5, 0.6) is 0 Å². The van der Waals surface area contributed by atoms with Gasteiger partial charge in [0.25, 0.3) is 0 Å². The van der Waals surface area contributed by atoms with Crippen LogP contribution in [0.25, 0.3) is 5.69 Å². The smallest absolute Gasteiger partial charge is 0.309 e. The molecule has 1 aromatic carbocycles. The molecule has 0 aliphatic heterocycles. The molecule has 1 heterocycles. The van der Waals surface area contributed by atoms with Gasteiger partial charge in [-0.15, -0.1) is 0 Å². The molecule has 21 heavy (non-hydrogen) atoms. The van der Waals surface area contributed by atoms with E-state index in [2.05, 4.69) is 6.92 Å². The Morgan fingerprint density at radius 2 is 1.95 bits per heavy atom. The predicted octanol–water partition coefficient (Wildman–Crippen LogP) is 2.36. The SMILES string of the molecule is CCc1cccc(-n2ccn(CC3CCC3)c(=O)c2=O)c1. The highest BCUT2D eigenvalue weighted by Gasteiger charge is 2.19. The first-order chi connectivity index (χ1) is 10.2. The van der Waals surface area contributed by atoms with Crippen LogP contribution >= 0.6 is 0 Å². The molecule has 2 aromatic rings. The zero-order chi connectivity index (χ0) is 14.8. The van der Waals surface area contributed by atoms with Crippen molar-refractivity contribution in [2.24, 2.45) is 5.92 Å². The Bertz CT molecular complexity index is 754. The maximum atomic E-state index is 12.3. The zero-order valence-electron chi connectivity index (χ0n) is 12.3. The lowest BCUT2D eigenvalue weighted by atomic mass is 9.85. The molecule has 1 aromatic heterocycles. The van der Waals surface area contributed by atoms with Gasteiger partial charge in [-0.2, -0.15) is 0 Å². The summed E-state index contributed by atoms with van der Waals surface area (Å²) in [5.41, 5.74) is 1.02. The molecule has 1 saturated carbocycles. The van der Waals surface area contributed by atoms with Crippen LogP contribution in [-0.2, 0) is 13.0 Å². The van der Waals surface area contributed by atoms with Crippen LogP contribution < -0.4 is 11.1 Å². The van der Waals surface area contributed by atoms with Crippen molar-refractivity contribution in [1.82, 2.24) is 9.13 Å². The van der Waals surface area contributed by atoms with E-state index in [1.807, 2.05) is 24.3 Å². The van der Waals surface area contributed by atoms with E-state index in [-0.39, 0.29) is 0 Å². The van der Waals surface area contributed by atoms with Gasteiger partial charge in [-0.1, -0.05) is 25.5 Å². The molecule has 0 unspecified atom stereocenters. The molecule has 1 aliphatic rings. The van der Waals surface area contributed by atoms with E-state index in [0.717, 1.165) is 30.5 Å². The number of aryl methyl sites for hydroxylation is 1. The predicted molar refractivity (Wildman–Crippen MR) is 83.0 cm³/mol. The summed E-state index contributed by atoms with van der Waals surface area (Å²) in [4.78, 5) is 24.5. The highest BCUT2D eigenvalue weighted by molar-refractivity contribution is 5.35. The molecule has 4 heteroatoms. The van der Waals surface area contributed by atoms with Crippen molar-refractivity contribution in [3.8, 4) is 5.69 Å². The van der Waals surface area contributed by atoms with Gasteiger partial charge in [0, 0.05) is 24.6 Å². The lowest BCUT2D eigenvalue weighted by Gasteiger charge is -2.25. The van der Waals surface area contributed by atoms with E-state index in [9.17, 15) is 9.59 Å². The van der Waals surface area contributed by atoms with E-state index in [1.165, 1.54) is 11.0 Å². The molecule has 0 atom stereocenters. The molecule has 0 amide bonds. The Labute approximate surface area is 123 Å². The Hall–Kier alpha value is -2.10. The normalized spacial score (nSPS) is 14.9. The average molecular weight is 284 g/mol. The maximum Gasteiger partial charge on any atom is 0.320 e. The first kappa shape index (κ1) is 13.9. The third kappa shape index (κ3) is 2.71. The molecule has 1 aliphatic carbocycles. The molecule has 1 fully saturated rings. The number of nitrogens with zero attached hydrogens (tertiary/aromatic N) is 2. The van der Waals surface area contributed by atoms with Gasteiger partial charge in [0.05, 0.1) is 0 Å². The summed E-state index contributed by atoms with van der Waals surface area (Å²) < 4.78 is 3.01. The summed E-state index contributed by atoms with van der Waals surface area (Å²) >= 11 is 0. The van der Waals surface area contributed by atoms with Crippen molar-refractivity contribution >= 4 is 0 Å². The fourth-order valence-electron chi connectivity index (χ4n) is 2.74. The van der Waals surface area contributed by atoms with E-state index in [0.29, 0.717) is 12.5 Å². The van der Waals surface area contributed by atoms with Crippen LogP contribution in [0.15, 0.2) is 46.2 Å². The summed E-state index contributed by atoms with van der Waals surface area (Å²) in [5, 5.41) is 0. The Morgan fingerprint density at radius 3 is 2.62 bits per heavy atom. The molecule has 0 spiro atoms. The van der Waals surface area contributed by atoms with Crippen LogP contribution in [0.1, 0.15) is 31.7 Å². The van der Waals surface area contributed by atoms with Crippen molar-refractivity contribution < 1.29 is 0 Å². The van der Waals surface area contributed by atoms with Crippen LogP contribution in [0, 0.1) is 5.92 Å². The molecule has 110 valence electrons.